The molecule has 0 saturated heterocycles. The number of carbonyl (C=O) groups excluding carboxylic acids is 1. The van der Waals surface area contributed by atoms with Crippen LogP contribution in [0.3, 0.4) is 0 Å². The van der Waals surface area contributed by atoms with Gasteiger partial charge in [0.2, 0.25) is 5.91 Å². The van der Waals surface area contributed by atoms with Gasteiger partial charge in [-0.3, -0.25) is 4.79 Å². The van der Waals surface area contributed by atoms with Gasteiger partial charge >= 0.3 is 0 Å². The SMILES string of the molecule is COCCC(C)(O)CNC(=O)C1(N)CCC1. The van der Waals surface area contributed by atoms with Gasteiger partial charge in [0, 0.05) is 26.7 Å². The number of ether oxygens (including phenoxy) is 1. The summed E-state index contributed by atoms with van der Waals surface area (Å²) in [4.78, 5) is 11.7. The number of carbonyl (C=O) groups is 1. The summed E-state index contributed by atoms with van der Waals surface area (Å²) in [5.41, 5.74) is 4.22. The molecular formula is C11H22N2O3. The van der Waals surface area contributed by atoms with Gasteiger partial charge in [0.25, 0.3) is 0 Å². The molecule has 0 heterocycles. The van der Waals surface area contributed by atoms with Crippen molar-refractivity contribution in [3.05, 3.63) is 0 Å². The molecule has 0 bridgehead atoms. The quantitative estimate of drug-likeness (QED) is 0.588. The van der Waals surface area contributed by atoms with Crippen molar-refractivity contribution >= 4 is 5.91 Å². The van der Waals surface area contributed by atoms with Gasteiger partial charge in [-0.15, -0.1) is 0 Å². The van der Waals surface area contributed by atoms with Crippen LogP contribution >= 0.6 is 0 Å². The molecule has 5 heteroatoms. The lowest BCUT2D eigenvalue weighted by Crippen LogP contribution is -2.60. The lowest BCUT2D eigenvalue weighted by Gasteiger charge is -2.37. The summed E-state index contributed by atoms with van der Waals surface area (Å²) in [6.07, 6.45) is 2.96. The van der Waals surface area contributed by atoms with Crippen molar-refractivity contribution in [2.45, 2.75) is 43.7 Å². The average Bonchev–Trinajstić information content (AvgIpc) is 2.20. The summed E-state index contributed by atoms with van der Waals surface area (Å²) in [6.45, 7) is 2.36. The van der Waals surface area contributed by atoms with E-state index in [9.17, 15) is 9.90 Å². The molecule has 0 aliphatic heterocycles. The maximum Gasteiger partial charge on any atom is 0.240 e. The highest BCUT2D eigenvalue weighted by Crippen LogP contribution is 2.29. The first-order valence-corrected chi connectivity index (χ1v) is 5.68. The summed E-state index contributed by atoms with van der Waals surface area (Å²) in [7, 11) is 1.58. The first-order chi connectivity index (χ1) is 7.40. The number of methoxy groups -OCH3 is 1. The molecule has 0 aromatic carbocycles. The maximum absolute atomic E-state index is 11.7. The zero-order valence-electron chi connectivity index (χ0n) is 10.1. The van der Waals surface area contributed by atoms with Crippen molar-refractivity contribution in [1.82, 2.24) is 5.32 Å². The molecule has 0 aromatic heterocycles. The van der Waals surface area contributed by atoms with Crippen LogP contribution in [-0.4, -0.2) is 42.4 Å². The Kier molecular flexibility index (Phi) is 4.29. The third-order valence-electron chi connectivity index (χ3n) is 3.17. The predicted molar refractivity (Wildman–Crippen MR) is 60.9 cm³/mol. The van der Waals surface area contributed by atoms with Crippen LogP contribution < -0.4 is 11.1 Å². The van der Waals surface area contributed by atoms with E-state index in [0.717, 1.165) is 19.3 Å². The fourth-order valence-corrected chi connectivity index (χ4v) is 1.64. The molecule has 94 valence electrons. The lowest BCUT2D eigenvalue weighted by atomic mass is 9.77. The van der Waals surface area contributed by atoms with Crippen LogP contribution in [0.5, 0.6) is 0 Å². The van der Waals surface area contributed by atoms with Gasteiger partial charge < -0.3 is 20.9 Å². The number of nitrogens with two attached hydrogens (primary N) is 1. The summed E-state index contributed by atoms with van der Waals surface area (Å²) >= 11 is 0. The van der Waals surface area contributed by atoms with Crippen LogP contribution in [0, 0.1) is 0 Å². The first-order valence-electron chi connectivity index (χ1n) is 5.68. The minimum Gasteiger partial charge on any atom is -0.388 e. The van der Waals surface area contributed by atoms with E-state index in [2.05, 4.69) is 5.32 Å². The number of amides is 1. The third-order valence-corrected chi connectivity index (χ3v) is 3.17. The van der Waals surface area contributed by atoms with E-state index in [0.29, 0.717) is 13.0 Å². The molecule has 1 aliphatic carbocycles. The van der Waals surface area contributed by atoms with E-state index in [4.69, 9.17) is 10.5 Å². The fraction of sp³-hybridized carbons (Fsp3) is 0.909. The average molecular weight is 230 g/mol. The molecule has 4 N–H and O–H groups in total. The Morgan fingerprint density at radius 3 is 2.69 bits per heavy atom. The van der Waals surface area contributed by atoms with Crippen molar-refractivity contribution < 1.29 is 14.6 Å². The molecule has 0 spiro atoms. The number of aliphatic hydroxyl groups is 1. The Morgan fingerprint density at radius 1 is 1.62 bits per heavy atom. The summed E-state index contributed by atoms with van der Waals surface area (Å²) in [5.74, 6) is -0.156. The van der Waals surface area contributed by atoms with Gasteiger partial charge in [0.1, 0.15) is 0 Å². The number of rotatable bonds is 6. The predicted octanol–water partition coefficient (Wildman–Crippen LogP) is -0.228. The Balaban J connectivity index is 2.30. The van der Waals surface area contributed by atoms with Crippen LogP contribution in [0.2, 0.25) is 0 Å². The second kappa shape index (κ2) is 5.12. The highest BCUT2D eigenvalue weighted by molar-refractivity contribution is 5.87. The van der Waals surface area contributed by atoms with Crippen LogP contribution in [0.1, 0.15) is 32.6 Å². The molecule has 1 rings (SSSR count). The van der Waals surface area contributed by atoms with Gasteiger partial charge in [-0.05, 0) is 26.2 Å². The molecule has 1 atom stereocenters. The molecule has 1 saturated carbocycles. The number of nitrogens with one attached hydrogen (secondary N) is 1. The minimum absolute atomic E-state index is 0.156. The number of hydrogen-bond acceptors (Lipinski definition) is 4. The van der Waals surface area contributed by atoms with Crippen LogP contribution in [-0.2, 0) is 9.53 Å². The van der Waals surface area contributed by atoms with Crippen LogP contribution in [0.4, 0.5) is 0 Å². The monoisotopic (exact) mass is 230 g/mol. The van der Waals surface area contributed by atoms with Crippen molar-refractivity contribution in [1.29, 1.82) is 0 Å². The molecule has 1 fully saturated rings. The zero-order chi connectivity index (χ0) is 12.2. The van der Waals surface area contributed by atoms with Gasteiger partial charge in [0.15, 0.2) is 0 Å². The van der Waals surface area contributed by atoms with Gasteiger partial charge in [-0.2, -0.15) is 0 Å². The molecule has 16 heavy (non-hydrogen) atoms. The van der Waals surface area contributed by atoms with Crippen molar-refractivity contribution in [2.75, 3.05) is 20.3 Å². The standard InChI is InChI=1S/C11H22N2O3/c1-10(15,6-7-16-2)8-13-9(14)11(12)4-3-5-11/h15H,3-8,12H2,1-2H3,(H,13,14). The van der Waals surface area contributed by atoms with Crippen molar-refractivity contribution in [3.63, 3.8) is 0 Å². The Bertz CT molecular complexity index is 250. The van der Waals surface area contributed by atoms with E-state index in [1.54, 1.807) is 14.0 Å². The largest absolute Gasteiger partial charge is 0.388 e. The molecule has 1 amide bonds. The van der Waals surface area contributed by atoms with E-state index < -0.39 is 11.1 Å². The highest BCUT2D eigenvalue weighted by Gasteiger charge is 2.40. The summed E-state index contributed by atoms with van der Waals surface area (Å²) < 4.78 is 4.89. The Hall–Kier alpha value is -0.650. The molecule has 1 aliphatic rings. The second-order valence-electron chi connectivity index (χ2n) is 4.93. The molecule has 1 unspecified atom stereocenters. The summed E-state index contributed by atoms with van der Waals surface area (Å²) in [6, 6.07) is 0. The van der Waals surface area contributed by atoms with Gasteiger partial charge in [0.05, 0.1) is 11.1 Å². The van der Waals surface area contributed by atoms with E-state index in [1.807, 2.05) is 0 Å². The fourth-order valence-electron chi connectivity index (χ4n) is 1.64. The van der Waals surface area contributed by atoms with Gasteiger partial charge in [-0.1, -0.05) is 0 Å². The van der Waals surface area contributed by atoms with Crippen molar-refractivity contribution in [3.8, 4) is 0 Å². The zero-order valence-corrected chi connectivity index (χ0v) is 10.1. The topological polar surface area (TPSA) is 84.6 Å². The van der Waals surface area contributed by atoms with Crippen LogP contribution in [0.25, 0.3) is 0 Å². The van der Waals surface area contributed by atoms with E-state index >= 15 is 0 Å². The Morgan fingerprint density at radius 2 is 2.25 bits per heavy atom. The first kappa shape index (κ1) is 13.4. The summed E-state index contributed by atoms with van der Waals surface area (Å²) in [5, 5.41) is 12.6. The maximum atomic E-state index is 11.7. The number of hydrogen-bond donors (Lipinski definition) is 3. The van der Waals surface area contributed by atoms with E-state index in [-0.39, 0.29) is 12.5 Å². The van der Waals surface area contributed by atoms with Crippen LogP contribution in [0.15, 0.2) is 0 Å². The minimum atomic E-state index is -0.939. The molecule has 0 radical (unpaired) electrons. The molecule has 0 aromatic rings. The smallest absolute Gasteiger partial charge is 0.240 e. The molecular weight excluding hydrogens is 208 g/mol. The van der Waals surface area contributed by atoms with E-state index in [1.165, 1.54) is 0 Å². The second-order valence-corrected chi connectivity index (χ2v) is 4.93. The molecule has 5 nitrogen and oxygen atoms in total. The lowest BCUT2D eigenvalue weighted by molar-refractivity contribution is -0.130. The highest BCUT2D eigenvalue weighted by atomic mass is 16.5. The normalized spacial score (nSPS) is 22.0. The third kappa shape index (κ3) is 3.43. The Labute approximate surface area is 96.3 Å². The van der Waals surface area contributed by atoms with Gasteiger partial charge in [-0.25, -0.2) is 0 Å². The van der Waals surface area contributed by atoms with Crippen molar-refractivity contribution in [2.24, 2.45) is 5.73 Å².